The molecule has 7 heteroatoms. The average Bonchev–Trinajstić information content (AvgIpc) is 3.00. The number of carbonyl (C=O) groups is 1. The second kappa shape index (κ2) is 7.12. The Kier molecular flexibility index (Phi) is 4.74. The number of ether oxygens (including phenoxy) is 1. The van der Waals surface area contributed by atoms with Crippen molar-refractivity contribution < 1.29 is 13.9 Å². The number of benzene rings is 1. The summed E-state index contributed by atoms with van der Waals surface area (Å²) in [4.78, 5) is 16.1. The molecule has 0 aliphatic heterocycles. The number of nitrogen functional groups attached to an aromatic ring is 2. The van der Waals surface area contributed by atoms with Crippen LogP contribution in [0.3, 0.4) is 0 Å². The number of hydrogen-bond donors (Lipinski definition) is 3. The van der Waals surface area contributed by atoms with Crippen molar-refractivity contribution in [3.05, 3.63) is 47.7 Å². The Morgan fingerprint density at radius 2 is 2.08 bits per heavy atom. The van der Waals surface area contributed by atoms with Gasteiger partial charge in [-0.2, -0.15) is 0 Å². The quantitative estimate of drug-likeness (QED) is 0.635. The summed E-state index contributed by atoms with van der Waals surface area (Å²) in [7, 11) is 0. The van der Waals surface area contributed by atoms with E-state index in [0.29, 0.717) is 18.0 Å². The van der Waals surface area contributed by atoms with Crippen molar-refractivity contribution in [1.82, 2.24) is 10.3 Å². The Bertz CT molecular complexity index is 904. The summed E-state index contributed by atoms with van der Waals surface area (Å²) in [5.41, 5.74) is 12.2. The third-order valence-corrected chi connectivity index (χ3v) is 3.63. The number of aromatic nitrogens is 1. The minimum absolute atomic E-state index is 0.0971. The molecule has 0 fully saturated rings. The average molecular weight is 340 g/mol. The van der Waals surface area contributed by atoms with Gasteiger partial charge in [-0.25, -0.2) is 4.98 Å². The van der Waals surface area contributed by atoms with Crippen molar-refractivity contribution in [2.24, 2.45) is 0 Å². The number of anilines is 2. The lowest BCUT2D eigenvalue weighted by molar-refractivity contribution is 0.0949. The molecule has 5 N–H and O–H groups in total. The SMILES string of the molecule is CCCOc1ccc2cc(CNC(=O)c3ccc(N)nc3N)oc2c1. The highest BCUT2D eigenvalue weighted by atomic mass is 16.5. The van der Waals surface area contributed by atoms with E-state index < -0.39 is 0 Å². The van der Waals surface area contributed by atoms with E-state index in [1.54, 1.807) is 6.07 Å². The summed E-state index contributed by atoms with van der Waals surface area (Å²) in [5.74, 6) is 1.43. The van der Waals surface area contributed by atoms with Gasteiger partial charge in [0.1, 0.15) is 28.7 Å². The maximum atomic E-state index is 12.2. The van der Waals surface area contributed by atoms with Crippen LogP contribution in [-0.2, 0) is 6.54 Å². The topological polar surface area (TPSA) is 116 Å². The van der Waals surface area contributed by atoms with E-state index in [-0.39, 0.29) is 29.7 Å². The van der Waals surface area contributed by atoms with Crippen LogP contribution < -0.4 is 21.5 Å². The standard InChI is InChI=1S/C18H20N4O3/c1-2-7-24-12-4-3-11-8-13(25-15(11)9-12)10-21-18(23)14-5-6-16(19)22-17(14)20/h3-6,8-9H,2,7,10H2,1H3,(H,21,23)(H4,19,20,22). The van der Waals surface area contributed by atoms with E-state index in [2.05, 4.69) is 17.2 Å². The zero-order chi connectivity index (χ0) is 17.8. The van der Waals surface area contributed by atoms with E-state index in [1.807, 2.05) is 24.3 Å². The highest BCUT2D eigenvalue weighted by Gasteiger charge is 2.12. The van der Waals surface area contributed by atoms with Gasteiger partial charge in [0.25, 0.3) is 5.91 Å². The molecular formula is C18H20N4O3. The molecule has 130 valence electrons. The number of pyridine rings is 1. The van der Waals surface area contributed by atoms with Crippen molar-refractivity contribution in [3.63, 3.8) is 0 Å². The zero-order valence-electron chi connectivity index (χ0n) is 13.9. The van der Waals surface area contributed by atoms with Crippen molar-refractivity contribution in [3.8, 4) is 5.75 Å². The first-order chi connectivity index (χ1) is 12.1. The summed E-state index contributed by atoms with van der Waals surface area (Å²) in [6.07, 6.45) is 0.941. The Labute approximate surface area is 145 Å². The monoisotopic (exact) mass is 340 g/mol. The number of amides is 1. The normalized spacial score (nSPS) is 10.8. The van der Waals surface area contributed by atoms with Crippen LogP contribution in [0.2, 0.25) is 0 Å². The lowest BCUT2D eigenvalue weighted by atomic mass is 10.2. The maximum Gasteiger partial charge on any atom is 0.255 e. The van der Waals surface area contributed by atoms with Crippen LogP contribution >= 0.6 is 0 Å². The molecule has 0 spiro atoms. The Morgan fingerprint density at radius 1 is 1.24 bits per heavy atom. The molecule has 0 bridgehead atoms. The molecule has 2 aromatic heterocycles. The zero-order valence-corrected chi connectivity index (χ0v) is 13.9. The summed E-state index contributed by atoms with van der Waals surface area (Å²) < 4.78 is 11.4. The molecule has 0 radical (unpaired) electrons. The van der Waals surface area contributed by atoms with Gasteiger partial charge in [-0.3, -0.25) is 4.79 Å². The van der Waals surface area contributed by atoms with Crippen molar-refractivity contribution in [1.29, 1.82) is 0 Å². The minimum Gasteiger partial charge on any atom is -0.493 e. The number of nitrogens with two attached hydrogens (primary N) is 2. The predicted molar refractivity (Wildman–Crippen MR) is 96.2 cm³/mol. The Morgan fingerprint density at radius 3 is 2.84 bits per heavy atom. The first-order valence-electron chi connectivity index (χ1n) is 8.02. The maximum absolute atomic E-state index is 12.2. The van der Waals surface area contributed by atoms with Gasteiger partial charge in [0.15, 0.2) is 0 Å². The molecular weight excluding hydrogens is 320 g/mol. The highest BCUT2D eigenvalue weighted by molar-refractivity contribution is 5.98. The third kappa shape index (κ3) is 3.82. The lowest BCUT2D eigenvalue weighted by Gasteiger charge is -2.06. The fraction of sp³-hybridized carbons (Fsp3) is 0.222. The van der Waals surface area contributed by atoms with Gasteiger partial charge in [-0.05, 0) is 36.8 Å². The Balaban J connectivity index is 1.69. The van der Waals surface area contributed by atoms with Crippen LogP contribution in [0.4, 0.5) is 11.6 Å². The highest BCUT2D eigenvalue weighted by Crippen LogP contribution is 2.24. The summed E-state index contributed by atoms with van der Waals surface area (Å²) >= 11 is 0. The largest absolute Gasteiger partial charge is 0.493 e. The molecule has 0 saturated heterocycles. The van der Waals surface area contributed by atoms with Crippen LogP contribution in [-0.4, -0.2) is 17.5 Å². The number of nitrogens with zero attached hydrogens (tertiary/aromatic N) is 1. The fourth-order valence-corrected chi connectivity index (χ4v) is 2.41. The van der Waals surface area contributed by atoms with Crippen LogP contribution in [0.5, 0.6) is 5.75 Å². The molecule has 0 aliphatic rings. The van der Waals surface area contributed by atoms with E-state index in [9.17, 15) is 4.79 Å². The molecule has 0 saturated carbocycles. The molecule has 0 aliphatic carbocycles. The van der Waals surface area contributed by atoms with E-state index in [1.165, 1.54) is 6.07 Å². The first-order valence-corrected chi connectivity index (χ1v) is 8.02. The number of fused-ring (bicyclic) bond motifs is 1. The van der Waals surface area contributed by atoms with Crippen LogP contribution in [0.25, 0.3) is 11.0 Å². The van der Waals surface area contributed by atoms with Crippen molar-refractivity contribution >= 4 is 28.5 Å². The van der Waals surface area contributed by atoms with Gasteiger partial charge in [0.05, 0.1) is 18.7 Å². The van der Waals surface area contributed by atoms with Crippen LogP contribution in [0.1, 0.15) is 29.5 Å². The van der Waals surface area contributed by atoms with Crippen molar-refractivity contribution in [2.45, 2.75) is 19.9 Å². The van der Waals surface area contributed by atoms with Gasteiger partial charge < -0.3 is 25.9 Å². The van der Waals surface area contributed by atoms with Gasteiger partial charge in [0.2, 0.25) is 0 Å². The molecule has 1 aromatic carbocycles. The molecule has 3 aromatic rings. The predicted octanol–water partition coefficient (Wildman–Crippen LogP) is 2.71. The summed E-state index contributed by atoms with van der Waals surface area (Å²) in [6.45, 7) is 2.95. The minimum atomic E-state index is -0.336. The molecule has 3 rings (SSSR count). The molecule has 0 unspecified atom stereocenters. The molecule has 25 heavy (non-hydrogen) atoms. The number of rotatable bonds is 6. The van der Waals surface area contributed by atoms with E-state index in [0.717, 1.165) is 17.6 Å². The summed E-state index contributed by atoms with van der Waals surface area (Å²) in [6, 6.07) is 10.6. The molecule has 0 atom stereocenters. The van der Waals surface area contributed by atoms with Crippen LogP contribution in [0.15, 0.2) is 40.8 Å². The van der Waals surface area contributed by atoms with Gasteiger partial charge in [0, 0.05) is 11.5 Å². The van der Waals surface area contributed by atoms with Gasteiger partial charge >= 0.3 is 0 Å². The number of hydrogen-bond acceptors (Lipinski definition) is 6. The number of carbonyl (C=O) groups excluding carboxylic acids is 1. The van der Waals surface area contributed by atoms with E-state index in [4.69, 9.17) is 20.6 Å². The molecule has 7 nitrogen and oxygen atoms in total. The van der Waals surface area contributed by atoms with Crippen molar-refractivity contribution in [2.75, 3.05) is 18.1 Å². The van der Waals surface area contributed by atoms with E-state index >= 15 is 0 Å². The van der Waals surface area contributed by atoms with Gasteiger partial charge in [-0.15, -0.1) is 0 Å². The number of furan rings is 1. The van der Waals surface area contributed by atoms with Crippen LogP contribution in [0, 0.1) is 0 Å². The second-order valence-electron chi connectivity index (χ2n) is 5.61. The third-order valence-electron chi connectivity index (χ3n) is 3.63. The summed E-state index contributed by atoms with van der Waals surface area (Å²) in [5, 5.41) is 3.71. The first kappa shape index (κ1) is 16.6. The Hall–Kier alpha value is -3.22. The molecule has 2 heterocycles. The molecule has 1 amide bonds. The number of nitrogens with one attached hydrogen (secondary N) is 1. The second-order valence-corrected chi connectivity index (χ2v) is 5.61. The lowest BCUT2D eigenvalue weighted by Crippen LogP contribution is -2.24. The fourth-order valence-electron chi connectivity index (χ4n) is 2.41. The smallest absolute Gasteiger partial charge is 0.255 e. The van der Waals surface area contributed by atoms with Gasteiger partial charge in [-0.1, -0.05) is 6.92 Å².